The van der Waals surface area contributed by atoms with Crippen molar-refractivity contribution in [1.29, 1.82) is 0 Å². The lowest BCUT2D eigenvalue weighted by Crippen LogP contribution is -2.32. The maximum atomic E-state index is 12.8. The second kappa shape index (κ2) is 8.82. The predicted octanol–water partition coefficient (Wildman–Crippen LogP) is 2.76. The molecule has 1 aromatic heterocycles. The number of nitrogens with one attached hydrogen (secondary N) is 1. The highest BCUT2D eigenvalue weighted by atomic mass is 35.5. The first-order valence-corrected chi connectivity index (χ1v) is 11.8. The summed E-state index contributed by atoms with van der Waals surface area (Å²) in [5.74, 6) is -0.321. The third kappa shape index (κ3) is 4.66. The summed E-state index contributed by atoms with van der Waals surface area (Å²) in [4.78, 5) is 25.1. The molecule has 1 aliphatic rings. The molecular formula is C22H22ClN3O4S. The Morgan fingerprint density at radius 3 is 2.42 bits per heavy atom. The number of benzene rings is 2. The quantitative estimate of drug-likeness (QED) is 0.614. The van der Waals surface area contributed by atoms with Crippen LogP contribution in [-0.2, 0) is 27.9 Å². The van der Waals surface area contributed by atoms with Gasteiger partial charge in [0.1, 0.15) is 6.54 Å². The first-order chi connectivity index (χ1) is 14.8. The van der Waals surface area contributed by atoms with E-state index in [0.717, 1.165) is 18.4 Å². The molecule has 162 valence electrons. The minimum Gasteiger partial charge on any atom is -0.350 e. The van der Waals surface area contributed by atoms with E-state index in [1.54, 1.807) is 30.3 Å². The molecular weight excluding hydrogens is 438 g/mol. The molecule has 0 unspecified atom stereocenters. The molecule has 0 aliphatic carbocycles. The summed E-state index contributed by atoms with van der Waals surface area (Å²) < 4.78 is 28.5. The SMILES string of the molecule is O=C(Cn1c(=O)ccc2cc(S(=O)(=O)N3CCCC3)ccc21)NCc1ccc(Cl)cc1. The molecule has 0 radical (unpaired) electrons. The van der Waals surface area contributed by atoms with Crippen LogP contribution in [0.3, 0.4) is 0 Å². The highest BCUT2D eigenvalue weighted by molar-refractivity contribution is 7.89. The number of fused-ring (bicyclic) bond motifs is 1. The smallest absolute Gasteiger partial charge is 0.251 e. The van der Waals surface area contributed by atoms with Gasteiger partial charge in [-0.25, -0.2) is 8.42 Å². The molecule has 1 N–H and O–H groups in total. The van der Waals surface area contributed by atoms with E-state index in [2.05, 4.69) is 5.32 Å². The molecule has 2 aromatic carbocycles. The fourth-order valence-electron chi connectivity index (χ4n) is 3.69. The number of carbonyl (C=O) groups is 1. The molecule has 0 atom stereocenters. The van der Waals surface area contributed by atoms with Gasteiger partial charge in [0.15, 0.2) is 0 Å². The number of carbonyl (C=O) groups excluding carboxylic acids is 1. The van der Waals surface area contributed by atoms with E-state index >= 15 is 0 Å². The first-order valence-electron chi connectivity index (χ1n) is 9.99. The zero-order chi connectivity index (χ0) is 22.0. The zero-order valence-corrected chi connectivity index (χ0v) is 18.3. The van der Waals surface area contributed by atoms with Gasteiger partial charge in [-0.05, 0) is 60.2 Å². The summed E-state index contributed by atoms with van der Waals surface area (Å²) in [6.45, 7) is 1.19. The number of amides is 1. The average molecular weight is 460 g/mol. The topological polar surface area (TPSA) is 88.5 Å². The van der Waals surface area contributed by atoms with Crippen LogP contribution in [0.25, 0.3) is 10.9 Å². The monoisotopic (exact) mass is 459 g/mol. The molecule has 7 nitrogen and oxygen atoms in total. The highest BCUT2D eigenvalue weighted by Crippen LogP contribution is 2.24. The molecule has 0 saturated carbocycles. The van der Waals surface area contributed by atoms with Gasteiger partial charge < -0.3 is 5.32 Å². The number of hydrogen-bond donors (Lipinski definition) is 1. The summed E-state index contributed by atoms with van der Waals surface area (Å²) in [5.41, 5.74) is 1.07. The van der Waals surface area contributed by atoms with E-state index in [1.165, 1.54) is 21.0 Å². The molecule has 31 heavy (non-hydrogen) atoms. The van der Waals surface area contributed by atoms with Gasteiger partial charge >= 0.3 is 0 Å². The van der Waals surface area contributed by atoms with Crippen molar-refractivity contribution < 1.29 is 13.2 Å². The van der Waals surface area contributed by atoms with Crippen molar-refractivity contribution in [2.24, 2.45) is 0 Å². The van der Waals surface area contributed by atoms with Crippen molar-refractivity contribution in [2.45, 2.75) is 30.8 Å². The Labute approximate surface area is 185 Å². The Balaban J connectivity index is 1.56. The summed E-state index contributed by atoms with van der Waals surface area (Å²) in [6.07, 6.45) is 1.72. The fourth-order valence-corrected chi connectivity index (χ4v) is 5.36. The van der Waals surface area contributed by atoms with Gasteiger partial charge in [0.05, 0.1) is 10.4 Å². The highest BCUT2D eigenvalue weighted by Gasteiger charge is 2.27. The van der Waals surface area contributed by atoms with Crippen molar-refractivity contribution in [2.75, 3.05) is 13.1 Å². The molecule has 1 saturated heterocycles. The number of sulfonamides is 1. The summed E-state index contributed by atoms with van der Waals surface area (Å²) in [5, 5.41) is 3.99. The lowest BCUT2D eigenvalue weighted by Gasteiger charge is -2.16. The lowest BCUT2D eigenvalue weighted by atomic mass is 10.2. The van der Waals surface area contributed by atoms with Gasteiger partial charge in [-0.15, -0.1) is 0 Å². The van der Waals surface area contributed by atoms with Gasteiger partial charge in [-0.2, -0.15) is 4.31 Å². The van der Waals surface area contributed by atoms with Crippen molar-refractivity contribution in [1.82, 2.24) is 14.2 Å². The lowest BCUT2D eigenvalue weighted by molar-refractivity contribution is -0.121. The van der Waals surface area contributed by atoms with E-state index in [0.29, 0.717) is 35.6 Å². The maximum absolute atomic E-state index is 12.8. The van der Waals surface area contributed by atoms with Crippen molar-refractivity contribution in [3.8, 4) is 0 Å². The van der Waals surface area contributed by atoms with Gasteiger partial charge in [0.25, 0.3) is 5.56 Å². The van der Waals surface area contributed by atoms with Crippen LogP contribution in [0.2, 0.25) is 5.02 Å². The second-order valence-corrected chi connectivity index (χ2v) is 9.87. The van der Waals surface area contributed by atoms with E-state index in [-0.39, 0.29) is 22.9 Å². The molecule has 1 fully saturated rings. The summed E-state index contributed by atoms with van der Waals surface area (Å²) in [6, 6.07) is 14.7. The Morgan fingerprint density at radius 2 is 1.71 bits per heavy atom. The zero-order valence-electron chi connectivity index (χ0n) is 16.8. The summed E-state index contributed by atoms with van der Waals surface area (Å²) >= 11 is 5.86. The van der Waals surface area contributed by atoms with Crippen molar-refractivity contribution in [3.05, 3.63) is 75.5 Å². The Kier molecular flexibility index (Phi) is 6.13. The van der Waals surface area contributed by atoms with Crippen LogP contribution in [-0.4, -0.2) is 36.3 Å². The number of rotatable bonds is 6. The number of nitrogens with zero attached hydrogens (tertiary/aromatic N) is 2. The standard InChI is InChI=1S/C22H22ClN3O4S/c23-18-6-3-16(4-7-18)14-24-21(27)15-26-20-9-8-19(13-17(20)5-10-22(26)28)31(29,30)25-11-1-2-12-25/h3-10,13H,1-2,11-12,14-15H2,(H,24,27). The van der Waals surface area contributed by atoms with E-state index < -0.39 is 10.0 Å². The van der Waals surface area contributed by atoms with Gasteiger partial charge in [0, 0.05) is 30.7 Å². The molecule has 1 aliphatic heterocycles. The molecule has 0 spiro atoms. The van der Waals surface area contributed by atoms with Crippen LogP contribution in [0.15, 0.2) is 64.3 Å². The van der Waals surface area contributed by atoms with E-state index in [1.807, 2.05) is 12.1 Å². The molecule has 0 bridgehead atoms. The van der Waals surface area contributed by atoms with Gasteiger partial charge in [-0.3, -0.25) is 14.2 Å². The second-order valence-electron chi connectivity index (χ2n) is 7.49. The first kappa shape index (κ1) is 21.5. The van der Waals surface area contributed by atoms with E-state index in [9.17, 15) is 18.0 Å². The molecule has 1 amide bonds. The third-order valence-corrected chi connectivity index (χ3v) is 7.52. The number of pyridine rings is 1. The predicted molar refractivity (Wildman–Crippen MR) is 119 cm³/mol. The third-order valence-electron chi connectivity index (χ3n) is 5.37. The Hall–Kier alpha value is -2.68. The number of hydrogen-bond acceptors (Lipinski definition) is 4. The minimum atomic E-state index is -3.56. The van der Waals surface area contributed by atoms with Crippen LogP contribution in [0.4, 0.5) is 0 Å². The van der Waals surface area contributed by atoms with Crippen LogP contribution in [0.1, 0.15) is 18.4 Å². The number of aromatic nitrogens is 1. The van der Waals surface area contributed by atoms with Crippen LogP contribution < -0.4 is 10.9 Å². The van der Waals surface area contributed by atoms with Gasteiger partial charge in [-0.1, -0.05) is 23.7 Å². The minimum absolute atomic E-state index is 0.165. The molecule has 3 aromatic rings. The van der Waals surface area contributed by atoms with Gasteiger partial charge in [0.2, 0.25) is 15.9 Å². The Morgan fingerprint density at radius 1 is 1.00 bits per heavy atom. The van der Waals surface area contributed by atoms with Crippen LogP contribution in [0, 0.1) is 0 Å². The van der Waals surface area contributed by atoms with Crippen molar-refractivity contribution in [3.63, 3.8) is 0 Å². The largest absolute Gasteiger partial charge is 0.350 e. The van der Waals surface area contributed by atoms with Crippen molar-refractivity contribution >= 4 is 38.4 Å². The molecule has 2 heterocycles. The fraction of sp³-hybridized carbons (Fsp3) is 0.273. The molecule has 9 heteroatoms. The van der Waals surface area contributed by atoms with E-state index in [4.69, 9.17) is 11.6 Å². The molecule has 4 rings (SSSR count). The van der Waals surface area contributed by atoms with Crippen LogP contribution >= 0.6 is 11.6 Å². The van der Waals surface area contributed by atoms with Crippen LogP contribution in [0.5, 0.6) is 0 Å². The normalized spacial score (nSPS) is 14.7. The maximum Gasteiger partial charge on any atom is 0.251 e. The number of halogens is 1. The summed E-state index contributed by atoms with van der Waals surface area (Å²) in [7, 11) is -3.56. The average Bonchev–Trinajstić information content (AvgIpc) is 3.31. The Bertz CT molecular complexity index is 1280.